The molecule has 7 nitrogen and oxygen atoms in total. The Balaban J connectivity index is 0.000000212. The number of nitrogens with zero attached hydrogens (tertiary/aromatic N) is 2. The maximum Gasteiger partial charge on any atom is 0.419 e. The maximum absolute atomic E-state index is 12.7. The molecule has 0 saturated carbocycles. The lowest BCUT2D eigenvalue weighted by Crippen LogP contribution is -2.44. The second kappa shape index (κ2) is 9.08. The fourth-order valence-electron chi connectivity index (χ4n) is 2.93. The minimum Gasteiger partial charge on any atom is -0.481 e. The largest absolute Gasteiger partial charge is 0.481 e. The number of hydrogen-bond donors (Lipinski definition) is 3. The maximum atomic E-state index is 12.7. The number of aliphatic carboxylic acids is 2. The Morgan fingerprint density at radius 2 is 1.90 bits per heavy atom. The molecule has 3 rings (SSSR count). The molecule has 1 aromatic rings. The molecule has 3 N–H and O–H groups in total. The molecule has 2 aliphatic rings. The standard InChI is InChI=1S/C10H12F3N3.C9H10O4/c11-10(12,13)8-2-1-3-15-9(8)16-6-4-14-5-7-16;1-9(8(12)13)4-2-3-6(5-9)7(10)11/h1-3,14H,4-7H2;2-4H,5H2,1H3,(H,10,11)(H,12,13)/t;9-/m.1/s1. The molecule has 0 aromatic carbocycles. The predicted molar refractivity (Wildman–Crippen MR) is 99.5 cm³/mol. The lowest BCUT2D eigenvalue weighted by molar-refractivity contribution is -0.145. The number of piperazine rings is 1. The first-order chi connectivity index (χ1) is 13.5. The summed E-state index contributed by atoms with van der Waals surface area (Å²) in [7, 11) is 0. The van der Waals surface area contributed by atoms with Crippen LogP contribution in [0.2, 0.25) is 0 Å². The zero-order valence-corrected chi connectivity index (χ0v) is 15.7. The summed E-state index contributed by atoms with van der Waals surface area (Å²) in [6.45, 7) is 3.99. The summed E-state index contributed by atoms with van der Waals surface area (Å²) in [6.07, 6.45) is 1.49. The molecule has 2 heterocycles. The van der Waals surface area contributed by atoms with Gasteiger partial charge in [-0.2, -0.15) is 13.2 Å². The Hall–Kier alpha value is -2.88. The van der Waals surface area contributed by atoms with Crippen LogP contribution in [-0.2, 0) is 15.8 Å². The fraction of sp³-hybridized carbons (Fsp3) is 0.421. The number of carbonyl (C=O) groups is 2. The van der Waals surface area contributed by atoms with Gasteiger partial charge < -0.3 is 20.4 Å². The Kier molecular flexibility index (Phi) is 7.02. The first kappa shape index (κ1) is 22.4. The van der Waals surface area contributed by atoms with Crippen LogP contribution >= 0.6 is 0 Å². The van der Waals surface area contributed by atoms with E-state index < -0.39 is 29.1 Å². The second-order valence-corrected chi connectivity index (χ2v) is 6.86. The molecule has 10 heteroatoms. The normalized spacial score (nSPS) is 21.7. The van der Waals surface area contributed by atoms with Gasteiger partial charge in [0, 0.05) is 37.9 Å². The van der Waals surface area contributed by atoms with Gasteiger partial charge in [0.25, 0.3) is 0 Å². The van der Waals surface area contributed by atoms with Crippen molar-refractivity contribution in [1.29, 1.82) is 0 Å². The molecule has 0 amide bonds. The summed E-state index contributed by atoms with van der Waals surface area (Å²) in [6, 6.07) is 2.39. The number of carboxylic acid groups (broad SMARTS) is 2. The number of allylic oxidation sites excluding steroid dienone is 2. The number of nitrogens with one attached hydrogen (secondary N) is 1. The first-order valence-corrected chi connectivity index (χ1v) is 8.87. The fourth-order valence-corrected chi connectivity index (χ4v) is 2.93. The van der Waals surface area contributed by atoms with Crippen LogP contribution in [0.1, 0.15) is 18.9 Å². The van der Waals surface area contributed by atoms with E-state index in [0.717, 1.165) is 6.07 Å². The highest BCUT2D eigenvalue weighted by molar-refractivity contribution is 5.90. The highest BCUT2D eigenvalue weighted by Gasteiger charge is 2.36. The summed E-state index contributed by atoms with van der Waals surface area (Å²) in [5.41, 5.74) is -1.60. The van der Waals surface area contributed by atoms with Crippen LogP contribution < -0.4 is 10.2 Å². The van der Waals surface area contributed by atoms with Gasteiger partial charge in [0.15, 0.2) is 0 Å². The van der Waals surface area contributed by atoms with E-state index >= 15 is 0 Å². The van der Waals surface area contributed by atoms with E-state index in [1.54, 1.807) is 4.90 Å². The molecule has 0 radical (unpaired) electrons. The number of pyridine rings is 1. The van der Waals surface area contributed by atoms with Crippen LogP contribution in [-0.4, -0.2) is 53.3 Å². The van der Waals surface area contributed by atoms with Gasteiger partial charge in [0.2, 0.25) is 0 Å². The summed E-state index contributed by atoms with van der Waals surface area (Å²) in [5, 5.41) is 20.6. The summed E-state index contributed by atoms with van der Waals surface area (Å²) < 4.78 is 38.2. The van der Waals surface area contributed by atoms with Gasteiger partial charge in [0.1, 0.15) is 5.82 Å². The van der Waals surface area contributed by atoms with Crippen LogP contribution in [0.3, 0.4) is 0 Å². The van der Waals surface area contributed by atoms with Crippen molar-refractivity contribution in [2.24, 2.45) is 5.41 Å². The van der Waals surface area contributed by atoms with Gasteiger partial charge in [-0.25, -0.2) is 9.78 Å². The number of rotatable bonds is 3. The van der Waals surface area contributed by atoms with Crippen molar-refractivity contribution < 1.29 is 33.0 Å². The number of anilines is 1. The van der Waals surface area contributed by atoms with Crippen molar-refractivity contribution in [2.45, 2.75) is 19.5 Å². The number of aromatic nitrogens is 1. The van der Waals surface area contributed by atoms with Gasteiger partial charge >= 0.3 is 18.1 Å². The molecule has 29 heavy (non-hydrogen) atoms. The Morgan fingerprint density at radius 1 is 1.24 bits per heavy atom. The van der Waals surface area contributed by atoms with Crippen LogP contribution in [0.25, 0.3) is 0 Å². The smallest absolute Gasteiger partial charge is 0.419 e. The third-order valence-electron chi connectivity index (χ3n) is 4.59. The lowest BCUT2D eigenvalue weighted by atomic mass is 9.80. The third kappa shape index (κ3) is 5.80. The summed E-state index contributed by atoms with van der Waals surface area (Å²) in [5.74, 6) is -2.02. The van der Waals surface area contributed by atoms with E-state index in [9.17, 15) is 22.8 Å². The molecule has 1 fully saturated rings. The van der Waals surface area contributed by atoms with Gasteiger partial charge in [-0.05, 0) is 25.5 Å². The molecule has 1 aromatic heterocycles. The number of alkyl halides is 3. The number of halogens is 3. The van der Waals surface area contributed by atoms with Gasteiger partial charge in [-0.15, -0.1) is 0 Å². The monoisotopic (exact) mass is 413 g/mol. The minimum atomic E-state index is -4.34. The summed E-state index contributed by atoms with van der Waals surface area (Å²) >= 11 is 0. The van der Waals surface area contributed by atoms with Crippen molar-refractivity contribution in [2.75, 3.05) is 31.1 Å². The molecule has 1 aliphatic heterocycles. The van der Waals surface area contributed by atoms with Crippen LogP contribution in [0.15, 0.2) is 42.1 Å². The molecular weight excluding hydrogens is 391 g/mol. The zero-order valence-electron chi connectivity index (χ0n) is 15.7. The van der Waals surface area contributed by atoms with E-state index in [2.05, 4.69) is 10.3 Å². The topological polar surface area (TPSA) is 103 Å². The van der Waals surface area contributed by atoms with Crippen molar-refractivity contribution in [3.63, 3.8) is 0 Å². The highest BCUT2D eigenvalue weighted by atomic mass is 19.4. The highest BCUT2D eigenvalue weighted by Crippen LogP contribution is 2.35. The zero-order chi connectivity index (χ0) is 21.7. The Morgan fingerprint density at radius 3 is 2.45 bits per heavy atom. The van der Waals surface area contributed by atoms with E-state index in [-0.39, 0.29) is 17.8 Å². The van der Waals surface area contributed by atoms with Crippen LogP contribution in [0.4, 0.5) is 19.0 Å². The van der Waals surface area contributed by atoms with E-state index in [0.29, 0.717) is 26.2 Å². The lowest BCUT2D eigenvalue weighted by Gasteiger charge is -2.30. The molecule has 1 atom stereocenters. The van der Waals surface area contributed by atoms with Crippen molar-refractivity contribution in [3.05, 3.63) is 47.7 Å². The van der Waals surface area contributed by atoms with Gasteiger partial charge in [-0.1, -0.05) is 18.2 Å². The molecule has 0 unspecified atom stereocenters. The Labute approximate surface area is 165 Å². The first-order valence-electron chi connectivity index (χ1n) is 8.87. The Bertz CT molecular complexity index is 817. The van der Waals surface area contributed by atoms with E-state index in [1.807, 2.05) is 0 Å². The van der Waals surface area contributed by atoms with E-state index in [1.165, 1.54) is 37.4 Å². The van der Waals surface area contributed by atoms with Gasteiger partial charge in [0.05, 0.1) is 11.0 Å². The van der Waals surface area contributed by atoms with E-state index in [4.69, 9.17) is 10.2 Å². The third-order valence-corrected chi connectivity index (χ3v) is 4.59. The second-order valence-electron chi connectivity index (χ2n) is 6.86. The minimum absolute atomic E-state index is 0.0359. The number of carboxylic acids is 2. The van der Waals surface area contributed by atoms with Crippen molar-refractivity contribution in [1.82, 2.24) is 10.3 Å². The van der Waals surface area contributed by atoms with Crippen LogP contribution in [0, 0.1) is 5.41 Å². The molecule has 0 spiro atoms. The molecule has 0 bridgehead atoms. The predicted octanol–water partition coefficient (Wildman–Crippen LogP) is 2.56. The van der Waals surface area contributed by atoms with Gasteiger partial charge in [-0.3, -0.25) is 4.79 Å². The molecule has 1 aliphatic carbocycles. The molecule has 1 saturated heterocycles. The van der Waals surface area contributed by atoms with Crippen molar-refractivity contribution in [3.8, 4) is 0 Å². The summed E-state index contributed by atoms with van der Waals surface area (Å²) in [4.78, 5) is 26.9. The van der Waals surface area contributed by atoms with Crippen LogP contribution in [0.5, 0.6) is 0 Å². The number of hydrogen-bond acceptors (Lipinski definition) is 5. The average molecular weight is 413 g/mol. The average Bonchev–Trinajstić information content (AvgIpc) is 2.68. The van der Waals surface area contributed by atoms with Crippen molar-refractivity contribution >= 4 is 17.8 Å². The quantitative estimate of drug-likeness (QED) is 0.700. The molecule has 158 valence electrons. The SMILES string of the molecule is C[C@@]1(C(=O)O)C=CC=C(C(=O)O)C1.FC(F)(F)c1cccnc1N1CCNCC1. The molecular formula is C19H22F3N3O4.